The summed E-state index contributed by atoms with van der Waals surface area (Å²) in [5.41, 5.74) is 6.81. The first-order valence-electron chi connectivity index (χ1n) is 6.68. The van der Waals surface area contributed by atoms with Gasteiger partial charge < -0.3 is 15.8 Å². The van der Waals surface area contributed by atoms with E-state index in [0.29, 0.717) is 11.7 Å². The number of carbonyl (C=O) groups excluding carboxylic acids is 1. The van der Waals surface area contributed by atoms with E-state index in [4.69, 9.17) is 10.5 Å². The zero-order valence-corrected chi connectivity index (χ0v) is 12.1. The number of nitrogens with one attached hydrogen (secondary N) is 1. The Balaban J connectivity index is 2.42. The standard InChI is InChI=1S/C15H24N2O2/c1-10(2)12(4)17-15(18)9-19-14-7-5-13(6-8-14)11(3)16/h5-8,10-12H,9,16H2,1-4H3,(H,17,18)/t11-,12?/m0/s1. The molecule has 0 spiro atoms. The van der Waals surface area contributed by atoms with Crippen LogP contribution in [0.5, 0.6) is 5.75 Å². The Morgan fingerprint density at radius 2 is 1.79 bits per heavy atom. The first-order chi connectivity index (χ1) is 8.90. The molecular weight excluding hydrogens is 240 g/mol. The van der Waals surface area contributed by atoms with E-state index in [1.165, 1.54) is 0 Å². The van der Waals surface area contributed by atoms with Gasteiger partial charge in [0.05, 0.1) is 0 Å². The van der Waals surface area contributed by atoms with Crippen LogP contribution in [0.3, 0.4) is 0 Å². The molecule has 19 heavy (non-hydrogen) atoms. The monoisotopic (exact) mass is 264 g/mol. The summed E-state index contributed by atoms with van der Waals surface area (Å²) in [6.07, 6.45) is 0. The van der Waals surface area contributed by atoms with Crippen molar-refractivity contribution in [2.75, 3.05) is 6.61 Å². The first-order valence-corrected chi connectivity index (χ1v) is 6.68. The normalized spacial score (nSPS) is 14.0. The van der Waals surface area contributed by atoms with E-state index < -0.39 is 0 Å². The second-order valence-electron chi connectivity index (χ2n) is 5.25. The van der Waals surface area contributed by atoms with Crippen molar-refractivity contribution in [3.63, 3.8) is 0 Å². The zero-order chi connectivity index (χ0) is 14.4. The SMILES string of the molecule is CC(C)C(C)NC(=O)COc1ccc([C@H](C)N)cc1. The van der Waals surface area contributed by atoms with E-state index in [-0.39, 0.29) is 24.6 Å². The quantitative estimate of drug-likeness (QED) is 0.828. The molecule has 1 unspecified atom stereocenters. The molecule has 0 aliphatic heterocycles. The van der Waals surface area contributed by atoms with Gasteiger partial charge in [0, 0.05) is 12.1 Å². The van der Waals surface area contributed by atoms with Crippen molar-refractivity contribution in [2.24, 2.45) is 11.7 Å². The summed E-state index contributed by atoms with van der Waals surface area (Å²) in [7, 11) is 0. The van der Waals surface area contributed by atoms with E-state index in [9.17, 15) is 4.79 Å². The third-order valence-electron chi connectivity index (χ3n) is 3.16. The Hall–Kier alpha value is -1.55. The molecule has 1 amide bonds. The number of benzene rings is 1. The van der Waals surface area contributed by atoms with Gasteiger partial charge in [0.25, 0.3) is 5.91 Å². The van der Waals surface area contributed by atoms with Gasteiger partial charge in [0.15, 0.2) is 6.61 Å². The Morgan fingerprint density at radius 3 is 2.26 bits per heavy atom. The number of carbonyl (C=O) groups is 1. The second-order valence-corrected chi connectivity index (χ2v) is 5.25. The Bertz CT molecular complexity index is 399. The second kappa shape index (κ2) is 7.14. The largest absolute Gasteiger partial charge is 0.484 e. The van der Waals surface area contributed by atoms with Crippen LogP contribution in [0.15, 0.2) is 24.3 Å². The van der Waals surface area contributed by atoms with Gasteiger partial charge in [0.1, 0.15) is 5.75 Å². The lowest BCUT2D eigenvalue weighted by Gasteiger charge is -2.17. The number of ether oxygens (including phenoxy) is 1. The molecule has 4 nitrogen and oxygen atoms in total. The van der Waals surface area contributed by atoms with Crippen LogP contribution < -0.4 is 15.8 Å². The lowest BCUT2D eigenvalue weighted by Crippen LogP contribution is -2.38. The predicted molar refractivity (Wildman–Crippen MR) is 77.0 cm³/mol. The smallest absolute Gasteiger partial charge is 0.258 e. The molecule has 0 heterocycles. The fourth-order valence-electron chi connectivity index (χ4n) is 1.48. The number of amides is 1. The Labute approximate surface area is 115 Å². The highest BCUT2D eigenvalue weighted by atomic mass is 16.5. The Morgan fingerprint density at radius 1 is 1.21 bits per heavy atom. The topological polar surface area (TPSA) is 64.3 Å². The van der Waals surface area contributed by atoms with E-state index >= 15 is 0 Å². The van der Waals surface area contributed by atoms with Crippen molar-refractivity contribution < 1.29 is 9.53 Å². The van der Waals surface area contributed by atoms with E-state index in [1.54, 1.807) is 0 Å². The molecule has 0 saturated heterocycles. The third-order valence-corrected chi connectivity index (χ3v) is 3.16. The molecule has 0 fully saturated rings. The first kappa shape index (κ1) is 15.5. The van der Waals surface area contributed by atoms with Crippen LogP contribution in [-0.2, 0) is 4.79 Å². The molecule has 0 aliphatic carbocycles. The molecule has 0 bridgehead atoms. The van der Waals surface area contributed by atoms with Gasteiger partial charge >= 0.3 is 0 Å². The molecule has 1 aromatic carbocycles. The van der Waals surface area contributed by atoms with Crippen LogP contribution in [0.4, 0.5) is 0 Å². The van der Waals surface area contributed by atoms with Crippen molar-refractivity contribution >= 4 is 5.91 Å². The van der Waals surface area contributed by atoms with Crippen molar-refractivity contribution in [3.8, 4) is 5.75 Å². The Kier molecular flexibility index (Phi) is 5.83. The fourth-order valence-corrected chi connectivity index (χ4v) is 1.48. The molecule has 2 atom stereocenters. The average molecular weight is 264 g/mol. The molecule has 1 aromatic rings. The molecule has 4 heteroatoms. The van der Waals surface area contributed by atoms with E-state index in [1.807, 2.05) is 38.1 Å². The van der Waals surface area contributed by atoms with Gasteiger partial charge in [-0.05, 0) is 37.5 Å². The summed E-state index contributed by atoms with van der Waals surface area (Å²) in [6.45, 7) is 8.09. The molecule has 0 saturated carbocycles. The maximum atomic E-state index is 11.7. The number of hydrogen-bond acceptors (Lipinski definition) is 3. The highest BCUT2D eigenvalue weighted by Crippen LogP contribution is 2.15. The molecule has 0 radical (unpaired) electrons. The molecule has 0 aromatic heterocycles. The van der Waals surface area contributed by atoms with Gasteiger partial charge in [-0.3, -0.25) is 4.79 Å². The van der Waals surface area contributed by atoms with Crippen molar-refractivity contribution in [1.29, 1.82) is 0 Å². The molecule has 3 N–H and O–H groups in total. The molecular formula is C15H24N2O2. The third kappa shape index (κ3) is 5.30. The van der Waals surface area contributed by atoms with Crippen LogP contribution in [0.25, 0.3) is 0 Å². The van der Waals surface area contributed by atoms with Crippen LogP contribution in [-0.4, -0.2) is 18.6 Å². The van der Waals surface area contributed by atoms with E-state index in [2.05, 4.69) is 19.2 Å². The van der Waals surface area contributed by atoms with Crippen LogP contribution >= 0.6 is 0 Å². The minimum Gasteiger partial charge on any atom is -0.484 e. The number of rotatable bonds is 6. The van der Waals surface area contributed by atoms with E-state index in [0.717, 1.165) is 5.56 Å². The lowest BCUT2D eigenvalue weighted by molar-refractivity contribution is -0.124. The van der Waals surface area contributed by atoms with Gasteiger partial charge in [-0.1, -0.05) is 26.0 Å². The average Bonchev–Trinajstić information content (AvgIpc) is 2.36. The molecule has 0 aliphatic rings. The van der Waals surface area contributed by atoms with Gasteiger partial charge in [0.2, 0.25) is 0 Å². The summed E-state index contributed by atoms with van der Waals surface area (Å²) in [6, 6.07) is 7.64. The highest BCUT2D eigenvalue weighted by Gasteiger charge is 2.11. The maximum absolute atomic E-state index is 11.7. The van der Waals surface area contributed by atoms with Crippen molar-refractivity contribution in [3.05, 3.63) is 29.8 Å². The zero-order valence-electron chi connectivity index (χ0n) is 12.1. The fraction of sp³-hybridized carbons (Fsp3) is 0.533. The summed E-state index contributed by atoms with van der Waals surface area (Å²) in [4.78, 5) is 11.7. The van der Waals surface area contributed by atoms with Crippen LogP contribution in [0.1, 0.15) is 39.3 Å². The van der Waals surface area contributed by atoms with Crippen LogP contribution in [0.2, 0.25) is 0 Å². The summed E-state index contributed by atoms with van der Waals surface area (Å²) < 4.78 is 5.43. The van der Waals surface area contributed by atoms with Gasteiger partial charge in [-0.15, -0.1) is 0 Å². The highest BCUT2D eigenvalue weighted by molar-refractivity contribution is 5.77. The van der Waals surface area contributed by atoms with Crippen molar-refractivity contribution in [2.45, 2.75) is 39.8 Å². The van der Waals surface area contributed by atoms with Gasteiger partial charge in [-0.2, -0.15) is 0 Å². The summed E-state index contributed by atoms with van der Waals surface area (Å²) >= 11 is 0. The maximum Gasteiger partial charge on any atom is 0.258 e. The lowest BCUT2D eigenvalue weighted by atomic mass is 10.1. The van der Waals surface area contributed by atoms with Crippen LogP contribution in [0, 0.1) is 5.92 Å². The van der Waals surface area contributed by atoms with Crippen molar-refractivity contribution in [1.82, 2.24) is 5.32 Å². The summed E-state index contributed by atoms with van der Waals surface area (Å²) in [5, 5.41) is 2.90. The minimum atomic E-state index is -0.0996. The molecule has 106 valence electrons. The van der Waals surface area contributed by atoms with Gasteiger partial charge in [-0.25, -0.2) is 0 Å². The number of nitrogens with two attached hydrogens (primary N) is 1. The minimum absolute atomic E-state index is 0.00393. The summed E-state index contributed by atoms with van der Waals surface area (Å²) in [5.74, 6) is 0.989. The predicted octanol–water partition coefficient (Wildman–Crippen LogP) is 2.25. The molecule has 1 rings (SSSR count). The number of hydrogen-bond donors (Lipinski definition) is 2.